The van der Waals surface area contributed by atoms with E-state index in [9.17, 15) is 0 Å². The molecule has 1 fully saturated rings. The SMILES string of the molecule is Cc1ccc(N2CCCC2)cc1-c1ccc2ccccc2[n+]1C. The Morgan fingerprint density at radius 3 is 2.52 bits per heavy atom. The minimum Gasteiger partial charge on any atom is -0.372 e. The van der Waals surface area contributed by atoms with E-state index in [1.807, 2.05) is 0 Å². The number of pyridine rings is 1. The molecular formula is C21H23N2+. The minimum absolute atomic E-state index is 1.19. The van der Waals surface area contributed by atoms with E-state index in [-0.39, 0.29) is 0 Å². The molecule has 3 aromatic rings. The lowest BCUT2D eigenvalue weighted by atomic mass is 10.0. The molecule has 1 saturated heterocycles. The first-order valence-corrected chi connectivity index (χ1v) is 8.48. The van der Waals surface area contributed by atoms with Gasteiger partial charge in [0.25, 0.3) is 0 Å². The van der Waals surface area contributed by atoms with Crippen LogP contribution < -0.4 is 9.47 Å². The molecule has 0 spiro atoms. The van der Waals surface area contributed by atoms with Gasteiger partial charge in [0.1, 0.15) is 7.05 Å². The zero-order chi connectivity index (χ0) is 15.8. The van der Waals surface area contributed by atoms with Crippen molar-refractivity contribution in [2.45, 2.75) is 19.8 Å². The van der Waals surface area contributed by atoms with Crippen LogP contribution in [0.3, 0.4) is 0 Å². The number of anilines is 1. The Morgan fingerprint density at radius 1 is 0.913 bits per heavy atom. The Labute approximate surface area is 138 Å². The van der Waals surface area contributed by atoms with E-state index in [2.05, 4.69) is 78.0 Å². The molecule has 23 heavy (non-hydrogen) atoms. The fourth-order valence-electron chi connectivity index (χ4n) is 3.67. The second kappa shape index (κ2) is 5.69. The summed E-state index contributed by atoms with van der Waals surface area (Å²) >= 11 is 0. The molecule has 2 aromatic carbocycles. The molecule has 2 heteroatoms. The van der Waals surface area contributed by atoms with Crippen LogP contribution in [0.1, 0.15) is 18.4 Å². The Kier molecular flexibility index (Phi) is 3.53. The maximum atomic E-state index is 2.50. The first kappa shape index (κ1) is 14.3. The van der Waals surface area contributed by atoms with Crippen LogP contribution in [0.4, 0.5) is 5.69 Å². The highest BCUT2D eigenvalue weighted by atomic mass is 15.1. The summed E-state index contributed by atoms with van der Waals surface area (Å²) in [7, 11) is 2.17. The number of benzene rings is 2. The number of aromatic nitrogens is 1. The highest BCUT2D eigenvalue weighted by Gasteiger charge is 2.18. The summed E-state index contributed by atoms with van der Waals surface area (Å²) in [5, 5.41) is 1.28. The largest absolute Gasteiger partial charge is 0.372 e. The van der Waals surface area contributed by atoms with Gasteiger partial charge in [-0.2, -0.15) is 4.57 Å². The molecule has 0 bridgehead atoms. The standard InChI is InChI=1S/C21H23N2/c1-16-9-11-18(23-13-5-6-14-23)15-19(16)21-12-10-17-7-3-4-8-20(17)22(21)2/h3-4,7-12,15H,5-6,13-14H2,1-2H3/q+1. The Bertz CT molecular complexity index is 861. The molecule has 2 heterocycles. The predicted octanol–water partition coefficient (Wildman–Crippen LogP) is 4.24. The van der Waals surface area contributed by atoms with Gasteiger partial charge in [0.15, 0.2) is 0 Å². The zero-order valence-corrected chi connectivity index (χ0v) is 13.9. The second-order valence-electron chi connectivity index (χ2n) is 6.53. The van der Waals surface area contributed by atoms with Crippen molar-refractivity contribution in [1.82, 2.24) is 0 Å². The van der Waals surface area contributed by atoms with Crippen LogP contribution >= 0.6 is 0 Å². The normalized spacial score (nSPS) is 14.6. The number of hydrogen-bond donors (Lipinski definition) is 0. The summed E-state index contributed by atoms with van der Waals surface area (Å²) < 4.78 is 2.31. The summed E-state index contributed by atoms with van der Waals surface area (Å²) in [4.78, 5) is 2.50. The third-order valence-electron chi connectivity index (χ3n) is 5.05. The maximum absolute atomic E-state index is 2.50. The smallest absolute Gasteiger partial charge is 0.213 e. The summed E-state index contributed by atoms with van der Waals surface area (Å²) in [6.45, 7) is 4.58. The van der Waals surface area contributed by atoms with Gasteiger partial charge in [0, 0.05) is 36.3 Å². The van der Waals surface area contributed by atoms with Crippen molar-refractivity contribution in [2.75, 3.05) is 18.0 Å². The molecule has 0 amide bonds. The highest BCUT2D eigenvalue weighted by Crippen LogP contribution is 2.29. The lowest BCUT2D eigenvalue weighted by molar-refractivity contribution is -0.633. The monoisotopic (exact) mass is 303 g/mol. The van der Waals surface area contributed by atoms with E-state index in [0.717, 1.165) is 0 Å². The van der Waals surface area contributed by atoms with Crippen molar-refractivity contribution in [3.63, 3.8) is 0 Å². The average molecular weight is 303 g/mol. The van der Waals surface area contributed by atoms with E-state index < -0.39 is 0 Å². The van der Waals surface area contributed by atoms with Crippen LogP contribution in [0.5, 0.6) is 0 Å². The van der Waals surface area contributed by atoms with Gasteiger partial charge in [-0.05, 0) is 49.6 Å². The summed E-state index contributed by atoms with van der Waals surface area (Å²) in [6, 6.07) is 19.9. The van der Waals surface area contributed by atoms with Crippen molar-refractivity contribution < 1.29 is 4.57 Å². The van der Waals surface area contributed by atoms with Crippen LogP contribution in [-0.2, 0) is 7.05 Å². The molecule has 1 aliphatic heterocycles. The number of aryl methyl sites for hydroxylation is 2. The molecular weight excluding hydrogens is 280 g/mol. The fraction of sp³-hybridized carbons (Fsp3) is 0.286. The lowest BCUT2D eigenvalue weighted by Crippen LogP contribution is -2.32. The first-order chi connectivity index (χ1) is 11.2. The van der Waals surface area contributed by atoms with Gasteiger partial charge in [-0.3, -0.25) is 0 Å². The van der Waals surface area contributed by atoms with Crippen LogP contribution in [-0.4, -0.2) is 13.1 Å². The van der Waals surface area contributed by atoms with E-state index in [1.165, 1.54) is 59.3 Å². The summed E-state index contributed by atoms with van der Waals surface area (Å²) in [5.74, 6) is 0. The number of rotatable bonds is 2. The summed E-state index contributed by atoms with van der Waals surface area (Å²) in [5.41, 5.74) is 6.58. The topological polar surface area (TPSA) is 7.12 Å². The molecule has 0 N–H and O–H groups in total. The number of para-hydroxylation sites is 1. The van der Waals surface area contributed by atoms with Crippen LogP contribution in [0.15, 0.2) is 54.6 Å². The van der Waals surface area contributed by atoms with Gasteiger partial charge >= 0.3 is 0 Å². The van der Waals surface area contributed by atoms with Crippen molar-refractivity contribution in [1.29, 1.82) is 0 Å². The molecule has 0 saturated carbocycles. The minimum atomic E-state index is 1.19. The Balaban J connectivity index is 1.86. The first-order valence-electron chi connectivity index (χ1n) is 8.48. The van der Waals surface area contributed by atoms with E-state index >= 15 is 0 Å². The van der Waals surface area contributed by atoms with Gasteiger partial charge in [-0.25, -0.2) is 0 Å². The van der Waals surface area contributed by atoms with Gasteiger partial charge in [-0.15, -0.1) is 0 Å². The van der Waals surface area contributed by atoms with Crippen molar-refractivity contribution in [3.05, 3.63) is 60.2 Å². The van der Waals surface area contributed by atoms with E-state index in [4.69, 9.17) is 0 Å². The van der Waals surface area contributed by atoms with Gasteiger partial charge < -0.3 is 4.90 Å². The third kappa shape index (κ3) is 2.48. The van der Waals surface area contributed by atoms with Crippen LogP contribution in [0.2, 0.25) is 0 Å². The molecule has 1 aliphatic rings. The maximum Gasteiger partial charge on any atom is 0.213 e. The molecule has 0 atom stereocenters. The molecule has 0 unspecified atom stereocenters. The van der Waals surface area contributed by atoms with Crippen molar-refractivity contribution >= 4 is 16.6 Å². The van der Waals surface area contributed by atoms with Gasteiger partial charge in [0.05, 0.1) is 5.56 Å². The molecule has 1 aromatic heterocycles. The number of nitrogens with zero attached hydrogens (tertiary/aromatic N) is 2. The summed E-state index contributed by atoms with van der Waals surface area (Å²) in [6.07, 6.45) is 2.62. The molecule has 0 radical (unpaired) electrons. The Morgan fingerprint density at radius 2 is 1.70 bits per heavy atom. The quantitative estimate of drug-likeness (QED) is 0.642. The highest BCUT2D eigenvalue weighted by molar-refractivity contribution is 5.78. The number of fused-ring (bicyclic) bond motifs is 1. The molecule has 4 rings (SSSR count). The molecule has 116 valence electrons. The van der Waals surface area contributed by atoms with Crippen molar-refractivity contribution in [3.8, 4) is 11.3 Å². The Hall–Kier alpha value is -2.35. The van der Waals surface area contributed by atoms with E-state index in [0.29, 0.717) is 0 Å². The predicted molar refractivity (Wildman–Crippen MR) is 96.7 cm³/mol. The molecule has 2 nitrogen and oxygen atoms in total. The third-order valence-corrected chi connectivity index (χ3v) is 5.05. The number of hydrogen-bond acceptors (Lipinski definition) is 1. The van der Waals surface area contributed by atoms with E-state index in [1.54, 1.807) is 0 Å². The van der Waals surface area contributed by atoms with Gasteiger partial charge in [0.2, 0.25) is 11.2 Å². The van der Waals surface area contributed by atoms with Crippen LogP contribution in [0, 0.1) is 6.92 Å². The second-order valence-corrected chi connectivity index (χ2v) is 6.53. The molecule has 0 aliphatic carbocycles. The lowest BCUT2D eigenvalue weighted by Gasteiger charge is -2.19. The average Bonchev–Trinajstić information content (AvgIpc) is 3.11. The van der Waals surface area contributed by atoms with Crippen LogP contribution in [0.25, 0.3) is 22.2 Å². The fourth-order valence-corrected chi connectivity index (χ4v) is 3.67. The van der Waals surface area contributed by atoms with Gasteiger partial charge in [-0.1, -0.05) is 18.2 Å². The zero-order valence-electron chi connectivity index (χ0n) is 13.9. The van der Waals surface area contributed by atoms with Crippen molar-refractivity contribution in [2.24, 2.45) is 7.05 Å².